The van der Waals surface area contributed by atoms with Crippen LogP contribution in [0.2, 0.25) is 12.1 Å². The Hall–Kier alpha value is -0.893. The van der Waals surface area contributed by atoms with E-state index in [-0.39, 0.29) is 0 Å². The van der Waals surface area contributed by atoms with Gasteiger partial charge in [0.15, 0.2) is 0 Å². The van der Waals surface area contributed by atoms with Crippen molar-refractivity contribution in [3.8, 4) is 0 Å². The highest BCUT2D eigenvalue weighted by Crippen LogP contribution is 2.05. The molecule has 1 nitrogen and oxygen atoms in total. The van der Waals surface area contributed by atoms with Crippen LogP contribution in [0.4, 0.5) is 0 Å². The van der Waals surface area contributed by atoms with Crippen LogP contribution < -0.4 is 5.19 Å². The average molecular weight is 219 g/mol. The molecule has 15 heavy (non-hydrogen) atoms. The summed E-state index contributed by atoms with van der Waals surface area (Å²) < 4.78 is 0. The molecule has 0 aliphatic rings. The number of unbranched alkanes of at least 4 members (excludes halogenated alkanes) is 1. The molecule has 0 heterocycles. The molecule has 1 aromatic rings. The smallest absolute Gasteiger partial charge is 0.0760 e. The van der Waals surface area contributed by atoms with E-state index in [0.29, 0.717) is 0 Å². The lowest BCUT2D eigenvalue weighted by atomic mass is 10.4. The van der Waals surface area contributed by atoms with Gasteiger partial charge in [-0.25, -0.2) is 0 Å². The highest BCUT2D eigenvalue weighted by Gasteiger charge is 2.10. The standard InChI is InChI=1S/C13H21NSi/c1-3-4-11-15(12-10-14-2)13-8-6-5-7-9-13/h5-10,15H,3-4,11-12H2,1-2H3. The van der Waals surface area contributed by atoms with E-state index in [1.54, 1.807) is 5.19 Å². The van der Waals surface area contributed by atoms with E-state index in [2.05, 4.69) is 48.5 Å². The zero-order chi connectivity index (χ0) is 10.9. The fourth-order valence-electron chi connectivity index (χ4n) is 1.83. The number of hydrogen-bond acceptors (Lipinski definition) is 1. The van der Waals surface area contributed by atoms with Crippen LogP contribution in [0.1, 0.15) is 19.8 Å². The van der Waals surface area contributed by atoms with Crippen LogP contribution in [-0.2, 0) is 0 Å². The summed E-state index contributed by atoms with van der Waals surface area (Å²) in [7, 11) is 1.09. The molecule has 0 saturated carbocycles. The maximum Gasteiger partial charge on any atom is 0.0760 e. The third-order valence-corrected chi connectivity index (χ3v) is 5.96. The fraction of sp³-hybridized carbons (Fsp3) is 0.462. The molecule has 0 radical (unpaired) electrons. The van der Waals surface area contributed by atoms with Crippen LogP contribution >= 0.6 is 0 Å². The number of aliphatic imine (C=N–C) groups is 1. The van der Waals surface area contributed by atoms with Gasteiger partial charge in [0.2, 0.25) is 0 Å². The molecule has 0 fully saturated rings. The minimum atomic E-state index is -0.777. The van der Waals surface area contributed by atoms with Crippen molar-refractivity contribution < 1.29 is 0 Å². The van der Waals surface area contributed by atoms with Gasteiger partial charge < -0.3 is 4.99 Å². The maximum atomic E-state index is 4.12. The van der Waals surface area contributed by atoms with Crippen molar-refractivity contribution in [3.05, 3.63) is 30.3 Å². The number of nitrogens with zero attached hydrogens (tertiary/aromatic N) is 1. The predicted molar refractivity (Wildman–Crippen MR) is 72.2 cm³/mol. The largest absolute Gasteiger partial charge is 0.301 e. The summed E-state index contributed by atoms with van der Waals surface area (Å²) in [5, 5.41) is 1.59. The van der Waals surface area contributed by atoms with Crippen LogP contribution in [0.3, 0.4) is 0 Å². The summed E-state index contributed by atoms with van der Waals surface area (Å²) in [5.74, 6) is 0. The molecule has 0 N–H and O–H groups in total. The van der Waals surface area contributed by atoms with Crippen molar-refractivity contribution in [1.29, 1.82) is 0 Å². The predicted octanol–water partition coefficient (Wildman–Crippen LogP) is 2.62. The van der Waals surface area contributed by atoms with E-state index in [0.717, 1.165) is 0 Å². The summed E-state index contributed by atoms with van der Waals surface area (Å²) in [6.07, 6.45) is 4.77. The Morgan fingerprint density at radius 2 is 2.00 bits per heavy atom. The van der Waals surface area contributed by atoms with Gasteiger partial charge in [-0.15, -0.1) is 0 Å². The molecule has 0 bridgehead atoms. The second-order valence-electron chi connectivity index (χ2n) is 3.93. The summed E-state index contributed by atoms with van der Waals surface area (Å²) in [6.45, 7) is 2.27. The summed E-state index contributed by atoms with van der Waals surface area (Å²) in [5.41, 5.74) is 0. The van der Waals surface area contributed by atoms with Gasteiger partial charge in [-0.1, -0.05) is 61.3 Å². The van der Waals surface area contributed by atoms with Crippen LogP contribution in [-0.4, -0.2) is 22.1 Å². The van der Waals surface area contributed by atoms with Gasteiger partial charge in [-0.05, 0) is 12.3 Å². The van der Waals surface area contributed by atoms with Gasteiger partial charge in [0, 0.05) is 7.05 Å². The van der Waals surface area contributed by atoms with Crippen LogP contribution in [0.5, 0.6) is 0 Å². The first-order chi connectivity index (χ1) is 7.38. The molecule has 0 saturated heterocycles. The fourth-order valence-corrected chi connectivity index (χ4v) is 4.80. The molecule has 0 aliphatic carbocycles. The van der Waals surface area contributed by atoms with Gasteiger partial charge in [-0.2, -0.15) is 0 Å². The van der Waals surface area contributed by atoms with Crippen molar-refractivity contribution in [1.82, 2.24) is 0 Å². The molecular formula is C13H21NSi. The quantitative estimate of drug-likeness (QED) is 0.515. The Kier molecular flexibility index (Phi) is 6.01. The lowest BCUT2D eigenvalue weighted by Gasteiger charge is -2.12. The first-order valence-electron chi connectivity index (χ1n) is 5.84. The molecule has 1 unspecified atom stereocenters. The van der Waals surface area contributed by atoms with E-state index in [9.17, 15) is 0 Å². The van der Waals surface area contributed by atoms with Crippen LogP contribution in [0.25, 0.3) is 0 Å². The lowest BCUT2D eigenvalue weighted by Crippen LogP contribution is -2.29. The molecule has 0 aromatic heterocycles. The lowest BCUT2D eigenvalue weighted by molar-refractivity contribution is 0.876. The van der Waals surface area contributed by atoms with Crippen LogP contribution in [0.15, 0.2) is 35.3 Å². The van der Waals surface area contributed by atoms with Crippen molar-refractivity contribution in [2.45, 2.75) is 31.9 Å². The zero-order valence-electron chi connectivity index (χ0n) is 9.82. The molecule has 0 amide bonds. The van der Waals surface area contributed by atoms with Gasteiger partial charge in [-0.3, -0.25) is 0 Å². The van der Waals surface area contributed by atoms with Gasteiger partial charge >= 0.3 is 0 Å². The SMILES string of the molecule is CCCC[SiH](CC=NC)c1ccccc1. The topological polar surface area (TPSA) is 12.4 Å². The van der Waals surface area contributed by atoms with Gasteiger partial charge in [0.25, 0.3) is 0 Å². The molecule has 1 atom stereocenters. The van der Waals surface area contributed by atoms with Gasteiger partial charge in [0.05, 0.1) is 8.80 Å². The number of hydrogen-bond donors (Lipinski definition) is 0. The summed E-state index contributed by atoms with van der Waals surface area (Å²) >= 11 is 0. The highest BCUT2D eigenvalue weighted by atomic mass is 28.3. The molecule has 2 heteroatoms. The molecule has 1 aromatic carbocycles. The number of benzene rings is 1. The molecule has 0 spiro atoms. The Bertz CT molecular complexity index is 282. The Labute approximate surface area is 94.9 Å². The first-order valence-corrected chi connectivity index (χ1v) is 8.05. The van der Waals surface area contributed by atoms with Crippen molar-refractivity contribution in [3.63, 3.8) is 0 Å². The summed E-state index contributed by atoms with van der Waals surface area (Å²) in [6, 6.07) is 13.6. The Morgan fingerprint density at radius 3 is 2.60 bits per heavy atom. The first kappa shape index (κ1) is 12.2. The summed E-state index contributed by atoms with van der Waals surface area (Å²) in [4.78, 5) is 4.12. The minimum absolute atomic E-state index is 0.777. The third kappa shape index (κ3) is 4.43. The Balaban J connectivity index is 2.63. The van der Waals surface area contributed by atoms with E-state index in [1.807, 2.05) is 7.05 Å². The zero-order valence-corrected chi connectivity index (χ0v) is 11.0. The second-order valence-corrected chi connectivity index (χ2v) is 7.04. The maximum absolute atomic E-state index is 4.12. The van der Waals surface area contributed by atoms with Crippen molar-refractivity contribution in [2.75, 3.05) is 7.05 Å². The minimum Gasteiger partial charge on any atom is -0.301 e. The van der Waals surface area contributed by atoms with E-state index in [4.69, 9.17) is 0 Å². The highest BCUT2D eigenvalue weighted by molar-refractivity contribution is 6.75. The normalized spacial score (nSPS) is 13.2. The average Bonchev–Trinajstić information content (AvgIpc) is 2.30. The van der Waals surface area contributed by atoms with Gasteiger partial charge in [0.1, 0.15) is 0 Å². The molecule has 1 rings (SSSR count). The number of rotatable bonds is 6. The van der Waals surface area contributed by atoms with E-state index in [1.165, 1.54) is 24.9 Å². The monoisotopic (exact) mass is 219 g/mol. The van der Waals surface area contributed by atoms with Crippen molar-refractivity contribution in [2.24, 2.45) is 4.99 Å². The second kappa shape index (κ2) is 7.41. The molecule has 0 aliphatic heterocycles. The third-order valence-electron chi connectivity index (χ3n) is 2.75. The van der Waals surface area contributed by atoms with Crippen LogP contribution in [0, 0.1) is 0 Å². The van der Waals surface area contributed by atoms with E-state index < -0.39 is 8.80 Å². The molecule has 82 valence electrons. The van der Waals surface area contributed by atoms with Crippen molar-refractivity contribution >= 4 is 20.2 Å². The molecular weight excluding hydrogens is 198 g/mol. The van der Waals surface area contributed by atoms with E-state index >= 15 is 0 Å². The Morgan fingerprint density at radius 1 is 1.27 bits per heavy atom.